The average molecular weight is 187 g/mol. The van der Waals surface area contributed by atoms with Crippen LogP contribution in [0.15, 0.2) is 0 Å². The Hall–Kier alpha value is -1.63. The molecule has 0 radical (unpaired) electrons. The van der Waals surface area contributed by atoms with Crippen molar-refractivity contribution in [3.63, 3.8) is 0 Å². The summed E-state index contributed by atoms with van der Waals surface area (Å²) in [6, 6.07) is -0.795. The second-order valence-corrected chi connectivity index (χ2v) is 2.57. The van der Waals surface area contributed by atoms with Gasteiger partial charge in [0, 0.05) is 7.11 Å². The molecular formula is C6H9N3O4. The van der Waals surface area contributed by atoms with Crippen LogP contribution in [0.5, 0.6) is 0 Å². The summed E-state index contributed by atoms with van der Waals surface area (Å²) in [6.45, 7) is 0. The zero-order chi connectivity index (χ0) is 10.1. The maximum absolute atomic E-state index is 10.9. The van der Waals surface area contributed by atoms with E-state index in [0.717, 1.165) is 0 Å². The van der Waals surface area contributed by atoms with Crippen LogP contribution in [0.2, 0.25) is 0 Å². The second-order valence-electron chi connectivity index (χ2n) is 2.57. The SMILES string of the molecule is COC1(C(N)=O)CC(=O)NC(=O)N1. The van der Waals surface area contributed by atoms with Crippen LogP contribution in [-0.4, -0.2) is 30.7 Å². The number of hydrogen-bond donors (Lipinski definition) is 3. The number of nitrogens with two attached hydrogens (primary N) is 1. The minimum absolute atomic E-state index is 0.315. The molecule has 1 saturated heterocycles. The Morgan fingerprint density at radius 1 is 1.62 bits per heavy atom. The molecule has 4 amide bonds. The molecule has 1 rings (SSSR count). The van der Waals surface area contributed by atoms with Crippen molar-refractivity contribution in [3.05, 3.63) is 0 Å². The molecule has 7 heteroatoms. The summed E-state index contributed by atoms with van der Waals surface area (Å²) in [5.74, 6) is -1.51. The van der Waals surface area contributed by atoms with Crippen molar-refractivity contribution in [2.45, 2.75) is 12.1 Å². The Morgan fingerprint density at radius 3 is 2.62 bits per heavy atom. The summed E-state index contributed by atoms with van der Waals surface area (Å²) in [7, 11) is 1.18. The van der Waals surface area contributed by atoms with Gasteiger partial charge in [-0.1, -0.05) is 0 Å². The van der Waals surface area contributed by atoms with Crippen LogP contribution in [0.3, 0.4) is 0 Å². The van der Waals surface area contributed by atoms with E-state index in [2.05, 4.69) is 5.32 Å². The minimum atomic E-state index is -1.71. The van der Waals surface area contributed by atoms with E-state index in [1.807, 2.05) is 5.32 Å². The molecule has 13 heavy (non-hydrogen) atoms. The summed E-state index contributed by atoms with van der Waals surface area (Å²) in [5.41, 5.74) is 3.27. The highest BCUT2D eigenvalue weighted by Gasteiger charge is 2.44. The van der Waals surface area contributed by atoms with Crippen LogP contribution in [-0.2, 0) is 14.3 Å². The van der Waals surface area contributed by atoms with Gasteiger partial charge in [0.05, 0.1) is 6.42 Å². The van der Waals surface area contributed by atoms with Gasteiger partial charge >= 0.3 is 6.03 Å². The normalized spacial score (nSPS) is 27.8. The molecule has 0 saturated carbocycles. The Kier molecular flexibility index (Phi) is 2.20. The van der Waals surface area contributed by atoms with E-state index in [0.29, 0.717) is 0 Å². The highest BCUT2D eigenvalue weighted by Crippen LogP contribution is 2.13. The van der Waals surface area contributed by atoms with E-state index in [1.54, 1.807) is 0 Å². The van der Waals surface area contributed by atoms with E-state index in [4.69, 9.17) is 10.5 Å². The highest BCUT2D eigenvalue weighted by molar-refractivity contribution is 6.03. The molecule has 1 heterocycles. The standard InChI is InChI=1S/C6H9N3O4/c1-13-6(4(7)11)2-3(10)8-5(12)9-6/h2H2,1H3,(H2,7,11)(H2,8,9,10,12). The first-order valence-electron chi connectivity index (χ1n) is 3.47. The van der Waals surface area contributed by atoms with Gasteiger partial charge < -0.3 is 15.8 Å². The molecule has 7 nitrogen and oxygen atoms in total. The lowest BCUT2D eigenvalue weighted by Crippen LogP contribution is -2.67. The Morgan fingerprint density at radius 2 is 2.23 bits per heavy atom. The summed E-state index contributed by atoms with van der Waals surface area (Å²) in [4.78, 5) is 32.6. The number of nitrogens with one attached hydrogen (secondary N) is 2. The maximum Gasteiger partial charge on any atom is 0.324 e. The van der Waals surface area contributed by atoms with Crippen LogP contribution < -0.4 is 16.4 Å². The zero-order valence-electron chi connectivity index (χ0n) is 6.92. The molecule has 1 aliphatic heterocycles. The van der Waals surface area contributed by atoms with Crippen molar-refractivity contribution in [2.75, 3.05) is 7.11 Å². The number of ether oxygens (including phenoxy) is 1. The van der Waals surface area contributed by atoms with Crippen molar-refractivity contribution in [2.24, 2.45) is 5.73 Å². The predicted octanol–water partition coefficient (Wildman–Crippen LogP) is -1.96. The van der Waals surface area contributed by atoms with E-state index in [-0.39, 0.29) is 6.42 Å². The molecule has 0 spiro atoms. The third-order valence-corrected chi connectivity index (χ3v) is 1.72. The first-order chi connectivity index (χ1) is 6.00. The molecule has 1 fully saturated rings. The van der Waals surface area contributed by atoms with E-state index >= 15 is 0 Å². The van der Waals surface area contributed by atoms with Crippen LogP contribution in [0.4, 0.5) is 4.79 Å². The lowest BCUT2D eigenvalue weighted by atomic mass is 10.1. The van der Waals surface area contributed by atoms with Crippen LogP contribution in [0.25, 0.3) is 0 Å². The first-order valence-corrected chi connectivity index (χ1v) is 3.47. The number of hydrogen-bond acceptors (Lipinski definition) is 4. The largest absolute Gasteiger partial charge is 0.365 e. The number of primary amides is 1. The summed E-state index contributed by atoms with van der Waals surface area (Å²) >= 11 is 0. The fraction of sp³-hybridized carbons (Fsp3) is 0.500. The van der Waals surface area contributed by atoms with Gasteiger partial charge in [0.2, 0.25) is 11.6 Å². The van der Waals surface area contributed by atoms with Gasteiger partial charge in [0.15, 0.2) is 0 Å². The van der Waals surface area contributed by atoms with Crippen molar-refractivity contribution < 1.29 is 19.1 Å². The van der Waals surface area contributed by atoms with E-state index in [9.17, 15) is 14.4 Å². The van der Waals surface area contributed by atoms with Gasteiger partial charge in [-0.3, -0.25) is 14.9 Å². The summed E-state index contributed by atoms with van der Waals surface area (Å²) < 4.78 is 4.71. The third-order valence-electron chi connectivity index (χ3n) is 1.72. The average Bonchev–Trinajstić information content (AvgIpc) is 2.02. The quantitative estimate of drug-likeness (QED) is 0.466. The van der Waals surface area contributed by atoms with Gasteiger partial charge in [0.25, 0.3) is 5.91 Å². The molecule has 0 aromatic heterocycles. The van der Waals surface area contributed by atoms with Crippen molar-refractivity contribution in [3.8, 4) is 0 Å². The molecule has 4 N–H and O–H groups in total. The summed E-state index contributed by atoms with van der Waals surface area (Å²) in [5, 5.41) is 4.09. The van der Waals surface area contributed by atoms with Gasteiger partial charge in [-0.15, -0.1) is 0 Å². The van der Waals surface area contributed by atoms with Gasteiger partial charge in [-0.05, 0) is 0 Å². The number of imide groups is 1. The molecule has 0 aromatic carbocycles. The number of rotatable bonds is 2. The Balaban J connectivity index is 2.92. The molecule has 72 valence electrons. The van der Waals surface area contributed by atoms with Gasteiger partial charge in [-0.2, -0.15) is 0 Å². The predicted molar refractivity (Wildman–Crippen MR) is 40.2 cm³/mol. The third kappa shape index (κ3) is 1.59. The van der Waals surface area contributed by atoms with Crippen molar-refractivity contribution >= 4 is 17.8 Å². The smallest absolute Gasteiger partial charge is 0.324 e. The summed E-state index contributed by atoms with van der Waals surface area (Å²) in [6.07, 6.45) is -0.315. The lowest BCUT2D eigenvalue weighted by Gasteiger charge is -2.32. The fourth-order valence-electron chi connectivity index (χ4n) is 1.03. The van der Waals surface area contributed by atoms with Crippen molar-refractivity contribution in [1.29, 1.82) is 0 Å². The van der Waals surface area contributed by atoms with E-state index in [1.165, 1.54) is 7.11 Å². The molecular weight excluding hydrogens is 178 g/mol. The molecule has 1 unspecified atom stereocenters. The molecule has 0 aliphatic carbocycles. The zero-order valence-corrected chi connectivity index (χ0v) is 6.92. The van der Waals surface area contributed by atoms with Crippen LogP contribution in [0.1, 0.15) is 6.42 Å². The Labute approximate surface area is 73.6 Å². The number of carbonyl (C=O) groups is 3. The number of carbonyl (C=O) groups excluding carboxylic acids is 3. The minimum Gasteiger partial charge on any atom is -0.365 e. The Bertz CT molecular complexity index is 259. The maximum atomic E-state index is 10.9. The first kappa shape index (κ1) is 9.46. The molecule has 1 atom stereocenters. The molecule has 0 bridgehead atoms. The van der Waals surface area contributed by atoms with Gasteiger partial charge in [0.1, 0.15) is 0 Å². The topological polar surface area (TPSA) is 111 Å². The fourth-order valence-corrected chi connectivity index (χ4v) is 1.03. The monoisotopic (exact) mass is 187 g/mol. The molecule has 0 aromatic rings. The number of amides is 4. The van der Waals surface area contributed by atoms with Crippen molar-refractivity contribution in [1.82, 2.24) is 10.6 Å². The second kappa shape index (κ2) is 3.02. The highest BCUT2D eigenvalue weighted by atomic mass is 16.5. The van der Waals surface area contributed by atoms with E-state index < -0.39 is 23.6 Å². The number of urea groups is 1. The van der Waals surface area contributed by atoms with Crippen LogP contribution in [0, 0.1) is 0 Å². The van der Waals surface area contributed by atoms with Gasteiger partial charge in [-0.25, -0.2) is 4.79 Å². The van der Waals surface area contributed by atoms with Crippen LogP contribution >= 0.6 is 0 Å². The number of methoxy groups -OCH3 is 1. The molecule has 1 aliphatic rings. The lowest BCUT2D eigenvalue weighted by molar-refractivity contribution is -0.151.